The van der Waals surface area contributed by atoms with Crippen LogP contribution in [0.3, 0.4) is 0 Å². The lowest BCUT2D eigenvalue weighted by Crippen LogP contribution is -2.33. The highest BCUT2D eigenvalue weighted by atomic mass is 35.5. The highest BCUT2D eigenvalue weighted by Gasteiger charge is 2.42. The molecule has 0 spiro atoms. The van der Waals surface area contributed by atoms with E-state index in [2.05, 4.69) is 15.5 Å². The molecular weight excluding hydrogens is 312 g/mol. The van der Waals surface area contributed by atoms with Crippen molar-refractivity contribution in [3.63, 3.8) is 0 Å². The standard InChI is InChI=1S/C13H15ClN4O2S/c1-8-6-21-10(9(8)14)11-15-16-17-18(11)7-13(12(19)20)4-2-3-5-13/h6H,2-5,7H2,1H3,(H,19,20). The van der Waals surface area contributed by atoms with Crippen LogP contribution in [0.1, 0.15) is 31.2 Å². The summed E-state index contributed by atoms with van der Waals surface area (Å²) in [5.74, 6) is -0.222. The van der Waals surface area contributed by atoms with E-state index in [1.54, 1.807) is 4.68 Å². The molecule has 1 saturated carbocycles. The Kier molecular flexibility index (Phi) is 3.71. The van der Waals surface area contributed by atoms with Crippen molar-refractivity contribution in [2.45, 2.75) is 39.2 Å². The average molecular weight is 327 g/mol. The Labute approximate surface area is 130 Å². The molecule has 112 valence electrons. The summed E-state index contributed by atoms with van der Waals surface area (Å²) in [4.78, 5) is 12.5. The van der Waals surface area contributed by atoms with Crippen LogP contribution in [0.5, 0.6) is 0 Å². The van der Waals surface area contributed by atoms with Crippen molar-refractivity contribution in [1.29, 1.82) is 0 Å². The summed E-state index contributed by atoms with van der Waals surface area (Å²) < 4.78 is 1.58. The van der Waals surface area contributed by atoms with Gasteiger partial charge in [0.1, 0.15) is 0 Å². The van der Waals surface area contributed by atoms with Crippen LogP contribution in [0.4, 0.5) is 0 Å². The van der Waals surface area contributed by atoms with Crippen LogP contribution in [0.25, 0.3) is 10.7 Å². The largest absolute Gasteiger partial charge is 0.481 e. The third-order valence-electron chi connectivity index (χ3n) is 4.10. The maximum Gasteiger partial charge on any atom is 0.311 e. The Morgan fingerprint density at radius 1 is 1.52 bits per heavy atom. The van der Waals surface area contributed by atoms with E-state index in [1.165, 1.54) is 11.3 Å². The highest BCUT2D eigenvalue weighted by Crippen LogP contribution is 2.41. The van der Waals surface area contributed by atoms with Gasteiger partial charge in [0.15, 0.2) is 5.82 Å². The van der Waals surface area contributed by atoms with E-state index in [1.807, 2.05) is 12.3 Å². The van der Waals surface area contributed by atoms with Gasteiger partial charge in [0.25, 0.3) is 0 Å². The van der Waals surface area contributed by atoms with E-state index in [0.717, 1.165) is 23.3 Å². The molecule has 1 fully saturated rings. The Morgan fingerprint density at radius 2 is 2.24 bits per heavy atom. The molecule has 1 aliphatic rings. The Hall–Kier alpha value is -1.47. The first-order valence-electron chi connectivity index (χ1n) is 6.77. The summed E-state index contributed by atoms with van der Waals surface area (Å²) >= 11 is 7.74. The summed E-state index contributed by atoms with van der Waals surface area (Å²) in [6.07, 6.45) is 3.20. The van der Waals surface area contributed by atoms with Crippen LogP contribution in [0.15, 0.2) is 5.38 Å². The molecule has 0 saturated heterocycles. The number of halogens is 1. The Morgan fingerprint density at radius 3 is 2.81 bits per heavy atom. The number of carbonyl (C=O) groups is 1. The van der Waals surface area contributed by atoms with Gasteiger partial charge in [-0.3, -0.25) is 4.79 Å². The topological polar surface area (TPSA) is 80.9 Å². The number of carboxylic acid groups (broad SMARTS) is 1. The van der Waals surface area contributed by atoms with Crippen molar-refractivity contribution < 1.29 is 9.90 Å². The number of aliphatic carboxylic acids is 1. The molecule has 0 radical (unpaired) electrons. The predicted molar refractivity (Wildman–Crippen MR) is 79.4 cm³/mol. The molecule has 2 heterocycles. The number of hydrogen-bond donors (Lipinski definition) is 1. The molecule has 0 unspecified atom stereocenters. The van der Waals surface area contributed by atoms with E-state index >= 15 is 0 Å². The van der Waals surface area contributed by atoms with E-state index in [-0.39, 0.29) is 6.54 Å². The monoisotopic (exact) mass is 326 g/mol. The molecule has 0 amide bonds. The highest BCUT2D eigenvalue weighted by molar-refractivity contribution is 7.14. The maximum absolute atomic E-state index is 11.7. The minimum Gasteiger partial charge on any atom is -0.481 e. The van der Waals surface area contributed by atoms with Crippen molar-refractivity contribution in [2.75, 3.05) is 0 Å². The minimum atomic E-state index is -0.769. The van der Waals surface area contributed by atoms with Gasteiger partial charge in [-0.25, -0.2) is 4.68 Å². The Bertz CT molecular complexity index is 676. The second-order valence-corrected chi connectivity index (χ2v) is 6.77. The number of aryl methyl sites for hydroxylation is 1. The van der Waals surface area contributed by atoms with Gasteiger partial charge in [0.2, 0.25) is 0 Å². The number of hydrogen-bond acceptors (Lipinski definition) is 5. The number of thiophene rings is 1. The lowest BCUT2D eigenvalue weighted by atomic mass is 9.86. The smallest absolute Gasteiger partial charge is 0.311 e. The summed E-state index contributed by atoms with van der Waals surface area (Å²) in [5, 5.41) is 23.9. The zero-order chi connectivity index (χ0) is 15.0. The van der Waals surface area contributed by atoms with Gasteiger partial charge in [0.05, 0.1) is 21.9 Å². The van der Waals surface area contributed by atoms with Gasteiger partial charge in [-0.15, -0.1) is 16.4 Å². The molecule has 1 aliphatic carbocycles. The zero-order valence-corrected chi connectivity index (χ0v) is 13.1. The van der Waals surface area contributed by atoms with Crippen LogP contribution < -0.4 is 0 Å². The first kappa shape index (κ1) is 14.5. The first-order chi connectivity index (χ1) is 10.0. The fourth-order valence-corrected chi connectivity index (χ4v) is 4.10. The summed E-state index contributed by atoms with van der Waals surface area (Å²) in [7, 11) is 0. The normalized spacial score (nSPS) is 17.2. The SMILES string of the molecule is Cc1csc(-c2nnnn2CC2(C(=O)O)CCCC2)c1Cl. The molecule has 6 nitrogen and oxygen atoms in total. The Balaban J connectivity index is 1.96. The molecular formula is C13H15ClN4O2S. The molecule has 21 heavy (non-hydrogen) atoms. The number of rotatable bonds is 4. The van der Waals surface area contributed by atoms with E-state index in [4.69, 9.17) is 11.6 Å². The minimum absolute atomic E-state index is 0.290. The van der Waals surface area contributed by atoms with E-state index < -0.39 is 11.4 Å². The summed E-state index contributed by atoms with van der Waals surface area (Å²) in [6, 6.07) is 0. The number of nitrogens with zero attached hydrogens (tertiary/aromatic N) is 4. The van der Waals surface area contributed by atoms with E-state index in [0.29, 0.717) is 23.7 Å². The van der Waals surface area contributed by atoms with Crippen molar-refractivity contribution >= 4 is 28.9 Å². The first-order valence-corrected chi connectivity index (χ1v) is 8.03. The van der Waals surface area contributed by atoms with Gasteiger partial charge in [0, 0.05) is 0 Å². The zero-order valence-electron chi connectivity index (χ0n) is 11.5. The van der Waals surface area contributed by atoms with Gasteiger partial charge in [-0.05, 0) is 41.1 Å². The molecule has 1 N–H and O–H groups in total. The van der Waals surface area contributed by atoms with E-state index in [9.17, 15) is 9.90 Å². The maximum atomic E-state index is 11.7. The molecule has 8 heteroatoms. The van der Waals surface area contributed by atoms with Gasteiger partial charge in [-0.2, -0.15) is 0 Å². The lowest BCUT2D eigenvalue weighted by molar-refractivity contribution is -0.149. The number of tetrazole rings is 1. The van der Waals surface area contributed by atoms with Gasteiger partial charge in [-0.1, -0.05) is 24.4 Å². The van der Waals surface area contributed by atoms with Crippen LogP contribution in [0, 0.1) is 12.3 Å². The van der Waals surface area contributed by atoms with Crippen molar-refractivity contribution in [2.24, 2.45) is 5.41 Å². The third kappa shape index (κ3) is 2.44. The lowest BCUT2D eigenvalue weighted by Gasteiger charge is -2.23. The summed E-state index contributed by atoms with van der Waals surface area (Å²) in [5.41, 5.74) is 0.211. The van der Waals surface area contributed by atoms with Crippen LogP contribution in [0.2, 0.25) is 5.02 Å². The van der Waals surface area contributed by atoms with Crippen LogP contribution >= 0.6 is 22.9 Å². The number of carboxylic acids is 1. The molecule has 0 aliphatic heterocycles. The molecule has 0 atom stereocenters. The van der Waals surface area contributed by atoms with Crippen molar-refractivity contribution in [3.05, 3.63) is 16.0 Å². The van der Waals surface area contributed by atoms with Crippen LogP contribution in [-0.2, 0) is 11.3 Å². The van der Waals surface area contributed by atoms with Crippen LogP contribution in [-0.4, -0.2) is 31.3 Å². The van der Waals surface area contributed by atoms with Gasteiger partial charge >= 0.3 is 5.97 Å². The number of aromatic nitrogens is 4. The molecule has 2 aromatic rings. The summed E-state index contributed by atoms with van der Waals surface area (Å²) in [6.45, 7) is 2.21. The van der Waals surface area contributed by atoms with Crippen molar-refractivity contribution in [3.8, 4) is 10.7 Å². The molecule has 0 aromatic carbocycles. The van der Waals surface area contributed by atoms with Gasteiger partial charge < -0.3 is 5.11 Å². The fourth-order valence-electron chi connectivity index (χ4n) is 2.83. The molecule has 2 aromatic heterocycles. The third-order valence-corrected chi connectivity index (χ3v) is 5.79. The average Bonchev–Trinajstić information content (AvgIpc) is 3.15. The second-order valence-electron chi connectivity index (χ2n) is 5.51. The predicted octanol–water partition coefficient (Wildman–Crippen LogP) is 3.01. The second kappa shape index (κ2) is 5.38. The molecule has 3 rings (SSSR count). The molecule has 0 bridgehead atoms. The quantitative estimate of drug-likeness (QED) is 0.934. The fraction of sp³-hybridized carbons (Fsp3) is 0.538. The van der Waals surface area contributed by atoms with Crippen molar-refractivity contribution in [1.82, 2.24) is 20.2 Å².